The Kier molecular flexibility index (Phi) is 15.1. The average Bonchev–Trinajstić information content (AvgIpc) is 3.52. The van der Waals surface area contributed by atoms with Gasteiger partial charge in [0.05, 0.1) is 4.88 Å². The van der Waals surface area contributed by atoms with Crippen LogP contribution in [0.3, 0.4) is 0 Å². The summed E-state index contributed by atoms with van der Waals surface area (Å²) in [7, 11) is 0. The van der Waals surface area contributed by atoms with E-state index in [1.54, 1.807) is 32.0 Å². The molecule has 0 unspecified atom stereocenters. The number of aryl methyl sites for hydroxylation is 3. The lowest BCUT2D eigenvalue weighted by atomic mass is 9.93. The van der Waals surface area contributed by atoms with Crippen molar-refractivity contribution in [3.63, 3.8) is 0 Å². The molecule has 0 N–H and O–H groups in total. The summed E-state index contributed by atoms with van der Waals surface area (Å²) >= 11 is 4.05. The Morgan fingerprint density at radius 3 is 1.47 bits per heavy atom. The predicted octanol–water partition coefficient (Wildman–Crippen LogP) is 13.1. The van der Waals surface area contributed by atoms with Crippen molar-refractivity contribution in [2.75, 3.05) is 0 Å². The van der Waals surface area contributed by atoms with E-state index in [-0.39, 0.29) is 0 Å². The van der Waals surface area contributed by atoms with Gasteiger partial charge in [0.15, 0.2) is 0 Å². The molecule has 212 valence electrons. The minimum atomic E-state index is 1.26. The van der Waals surface area contributed by atoms with Crippen LogP contribution in [0.15, 0.2) is 22.9 Å². The molecular weight excluding hydrogens is 497 g/mol. The number of hydrogen-bond acceptors (Lipinski definition) is 2. The largest absolute Gasteiger partial charge is 0.142 e. The summed E-state index contributed by atoms with van der Waals surface area (Å²) in [6, 6.07) is 5.21. The highest BCUT2D eigenvalue weighted by Crippen LogP contribution is 2.43. The minimum Gasteiger partial charge on any atom is -0.142 e. The molecule has 0 fully saturated rings. The summed E-state index contributed by atoms with van der Waals surface area (Å²) in [5, 5.41) is 8.01. The van der Waals surface area contributed by atoms with Gasteiger partial charge in [-0.15, -0.1) is 22.7 Å². The first kappa shape index (κ1) is 31.4. The van der Waals surface area contributed by atoms with E-state index in [1.807, 2.05) is 22.7 Å². The molecule has 0 aliphatic carbocycles. The maximum Gasteiger partial charge on any atom is 0.0524 e. The van der Waals surface area contributed by atoms with E-state index in [0.29, 0.717) is 0 Å². The van der Waals surface area contributed by atoms with E-state index in [9.17, 15) is 0 Å². The third kappa shape index (κ3) is 9.51. The first-order valence-electron chi connectivity index (χ1n) is 16.4. The highest BCUT2D eigenvalue weighted by molar-refractivity contribution is 7.21. The fourth-order valence-electron chi connectivity index (χ4n) is 5.88. The number of benzene rings is 1. The topological polar surface area (TPSA) is 0 Å². The SMILES string of the molecule is CCCCCCc1cc2csc(-c3scc(CCCCCC)c3CCCCCC)c2cc1CCCCCC. The lowest BCUT2D eigenvalue weighted by molar-refractivity contribution is 0.651. The van der Waals surface area contributed by atoms with E-state index >= 15 is 0 Å². The van der Waals surface area contributed by atoms with Gasteiger partial charge in [-0.3, -0.25) is 0 Å². The Bertz CT molecular complexity index is 1040. The summed E-state index contributed by atoms with van der Waals surface area (Å²) in [6.07, 6.45) is 26.7. The van der Waals surface area contributed by atoms with Gasteiger partial charge in [-0.05, 0) is 95.8 Å². The number of hydrogen-bond donors (Lipinski definition) is 0. The fraction of sp³-hybridized carbons (Fsp3) is 0.667. The van der Waals surface area contributed by atoms with Gasteiger partial charge in [-0.1, -0.05) is 111 Å². The summed E-state index contributed by atoms with van der Waals surface area (Å²) < 4.78 is 0. The van der Waals surface area contributed by atoms with Crippen LogP contribution in [0, 0.1) is 0 Å². The molecule has 1 aromatic carbocycles. The molecule has 0 saturated heterocycles. The van der Waals surface area contributed by atoms with Crippen LogP contribution in [-0.2, 0) is 25.7 Å². The second-order valence-electron chi connectivity index (χ2n) is 11.6. The van der Waals surface area contributed by atoms with Crippen LogP contribution < -0.4 is 0 Å². The maximum absolute atomic E-state index is 2.63. The van der Waals surface area contributed by atoms with Crippen molar-refractivity contribution < 1.29 is 0 Å². The van der Waals surface area contributed by atoms with Gasteiger partial charge in [-0.2, -0.15) is 0 Å². The van der Waals surface area contributed by atoms with Crippen LogP contribution in [-0.4, -0.2) is 0 Å². The van der Waals surface area contributed by atoms with E-state index in [0.717, 1.165) is 0 Å². The van der Waals surface area contributed by atoms with Gasteiger partial charge in [0.25, 0.3) is 0 Å². The van der Waals surface area contributed by atoms with Gasteiger partial charge in [0.1, 0.15) is 0 Å². The Hall–Kier alpha value is -1.12. The molecule has 0 amide bonds. The fourth-order valence-corrected chi connectivity index (χ4v) is 8.25. The Morgan fingerprint density at radius 1 is 0.447 bits per heavy atom. The molecule has 0 nitrogen and oxygen atoms in total. The molecule has 2 aromatic heterocycles. The highest BCUT2D eigenvalue weighted by Gasteiger charge is 2.18. The molecule has 0 aliphatic heterocycles. The van der Waals surface area contributed by atoms with Crippen molar-refractivity contribution >= 4 is 33.4 Å². The van der Waals surface area contributed by atoms with Gasteiger partial charge < -0.3 is 0 Å². The van der Waals surface area contributed by atoms with Crippen molar-refractivity contribution in [3.05, 3.63) is 45.1 Å². The number of fused-ring (bicyclic) bond motifs is 1. The van der Waals surface area contributed by atoms with Crippen LogP contribution in [0.1, 0.15) is 153 Å². The molecule has 3 rings (SSSR count). The molecular formula is C36H56S2. The third-order valence-electron chi connectivity index (χ3n) is 8.29. The second-order valence-corrected chi connectivity index (χ2v) is 13.3. The van der Waals surface area contributed by atoms with Crippen LogP contribution in [0.4, 0.5) is 0 Å². The van der Waals surface area contributed by atoms with E-state index in [1.165, 1.54) is 139 Å². The molecule has 0 radical (unpaired) electrons. The normalized spacial score (nSPS) is 11.7. The van der Waals surface area contributed by atoms with Gasteiger partial charge in [0.2, 0.25) is 0 Å². The first-order valence-corrected chi connectivity index (χ1v) is 18.1. The van der Waals surface area contributed by atoms with Crippen molar-refractivity contribution in [1.82, 2.24) is 0 Å². The Balaban J connectivity index is 1.90. The van der Waals surface area contributed by atoms with E-state index in [4.69, 9.17) is 0 Å². The zero-order chi connectivity index (χ0) is 27.0. The molecule has 2 heteroatoms. The quantitative estimate of drug-likeness (QED) is 0.115. The summed E-state index contributed by atoms with van der Waals surface area (Å²) in [5.41, 5.74) is 6.63. The zero-order valence-electron chi connectivity index (χ0n) is 25.3. The Morgan fingerprint density at radius 2 is 0.921 bits per heavy atom. The number of unbranched alkanes of at least 4 members (excludes halogenated alkanes) is 12. The van der Waals surface area contributed by atoms with Gasteiger partial charge in [0, 0.05) is 10.3 Å². The number of thiophene rings is 2. The molecule has 3 aromatic rings. The van der Waals surface area contributed by atoms with Crippen LogP contribution >= 0.6 is 22.7 Å². The summed E-state index contributed by atoms with van der Waals surface area (Å²) in [6.45, 7) is 9.28. The second kappa shape index (κ2) is 18.3. The standard InChI is InChI=1S/C36H56S2/c1-5-9-13-17-21-29-25-32-28-38-36(34(32)26-30(29)22-18-14-10-6-2)35-33(24-20-16-12-8-4)31(27-37-35)23-19-15-11-7-3/h25-28H,5-24H2,1-4H3. The van der Waals surface area contributed by atoms with Gasteiger partial charge >= 0.3 is 0 Å². The molecule has 0 aliphatic rings. The maximum atomic E-state index is 2.63. The molecule has 0 saturated carbocycles. The van der Waals surface area contributed by atoms with Crippen LogP contribution in [0.25, 0.3) is 20.5 Å². The Labute approximate surface area is 243 Å². The molecule has 2 heterocycles. The lowest BCUT2D eigenvalue weighted by Crippen LogP contribution is -1.97. The molecule has 0 bridgehead atoms. The lowest BCUT2D eigenvalue weighted by Gasteiger charge is -2.12. The van der Waals surface area contributed by atoms with Crippen molar-refractivity contribution in [3.8, 4) is 9.75 Å². The van der Waals surface area contributed by atoms with Crippen LogP contribution in [0.5, 0.6) is 0 Å². The highest BCUT2D eigenvalue weighted by atomic mass is 32.1. The number of rotatable bonds is 21. The molecule has 0 atom stereocenters. The van der Waals surface area contributed by atoms with Crippen molar-refractivity contribution in [1.29, 1.82) is 0 Å². The summed E-state index contributed by atoms with van der Waals surface area (Å²) in [4.78, 5) is 3.15. The van der Waals surface area contributed by atoms with E-state index < -0.39 is 0 Å². The zero-order valence-corrected chi connectivity index (χ0v) is 26.9. The third-order valence-corrected chi connectivity index (χ3v) is 10.5. The van der Waals surface area contributed by atoms with Gasteiger partial charge in [-0.25, -0.2) is 0 Å². The van der Waals surface area contributed by atoms with Crippen molar-refractivity contribution in [2.45, 2.75) is 156 Å². The molecule has 38 heavy (non-hydrogen) atoms. The first-order chi connectivity index (χ1) is 18.7. The minimum absolute atomic E-state index is 1.26. The predicted molar refractivity (Wildman–Crippen MR) is 177 cm³/mol. The van der Waals surface area contributed by atoms with Crippen molar-refractivity contribution in [2.24, 2.45) is 0 Å². The van der Waals surface area contributed by atoms with E-state index in [2.05, 4.69) is 50.6 Å². The average molecular weight is 553 g/mol. The van der Waals surface area contributed by atoms with Crippen LogP contribution in [0.2, 0.25) is 0 Å². The summed E-state index contributed by atoms with van der Waals surface area (Å²) in [5.74, 6) is 0. The molecule has 0 spiro atoms. The monoisotopic (exact) mass is 552 g/mol. The smallest absolute Gasteiger partial charge is 0.0524 e.